The Balaban J connectivity index is 1.55. The first-order valence-electron chi connectivity index (χ1n) is 10.9. The zero-order valence-corrected chi connectivity index (χ0v) is 20.1. The predicted molar refractivity (Wildman–Crippen MR) is 136 cm³/mol. The van der Waals surface area contributed by atoms with Crippen LogP contribution in [0, 0.1) is 11.3 Å². The molecule has 1 aliphatic rings. The maximum Gasteiger partial charge on any atom is 0.227 e. The van der Waals surface area contributed by atoms with E-state index in [0.29, 0.717) is 22.9 Å². The number of nitrogens with zero attached hydrogens (tertiary/aromatic N) is 5. The summed E-state index contributed by atoms with van der Waals surface area (Å²) in [6.07, 6.45) is 7.59. The molecule has 0 fully saturated rings. The number of nitrogens with one attached hydrogen (secondary N) is 2. The first kappa shape index (κ1) is 22.1. The molecule has 0 aliphatic carbocycles. The molecule has 0 saturated heterocycles. The van der Waals surface area contributed by atoms with Crippen LogP contribution < -0.4 is 5.32 Å². The minimum Gasteiger partial charge on any atom is -0.359 e. The number of likely N-dealkylation sites (N-methyl/N-ethyl adjacent to an activating group) is 1. The number of nitriles is 1. The molecule has 8 nitrogen and oxygen atoms in total. The molecule has 0 unspecified atom stereocenters. The van der Waals surface area contributed by atoms with Gasteiger partial charge >= 0.3 is 0 Å². The average Bonchev–Trinajstić information content (AvgIpc) is 3.23. The van der Waals surface area contributed by atoms with Crippen molar-refractivity contribution >= 4 is 38.0 Å². The fourth-order valence-electron chi connectivity index (χ4n) is 4.28. The Morgan fingerprint density at radius 1 is 1.24 bits per heavy atom. The van der Waals surface area contributed by atoms with Crippen LogP contribution in [0.25, 0.3) is 22.2 Å². The van der Waals surface area contributed by atoms with Crippen molar-refractivity contribution in [2.24, 2.45) is 4.36 Å². The molecule has 2 aromatic carbocycles. The van der Waals surface area contributed by atoms with Crippen LogP contribution in [0.3, 0.4) is 0 Å². The molecule has 0 bridgehead atoms. The van der Waals surface area contributed by atoms with Crippen LogP contribution in [-0.2, 0) is 22.7 Å². The second-order valence-corrected chi connectivity index (χ2v) is 11.4. The lowest BCUT2D eigenvalue weighted by atomic mass is 9.99. The number of aromatic nitrogens is 3. The van der Waals surface area contributed by atoms with Gasteiger partial charge in [-0.3, -0.25) is 0 Å². The molecule has 5 rings (SSSR count). The van der Waals surface area contributed by atoms with Crippen molar-refractivity contribution in [3.8, 4) is 17.3 Å². The van der Waals surface area contributed by atoms with Gasteiger partial charge in [-0.25, -0.2) is 14.2 Å². The van der Waals surface area contributed by atoms with Crippen molar-refractivity contribution in [2.45, 2.75) is 13.0 Å². The molecular weight excluding hydrogens is 446 g/mol. The van der Waals surface area contributed by atoms with E-state index in [1.54, 1.807) is 18.7 Å². The standard InChI is InChI=1S/C25H25N7OS/c1-32-10-9-16-7-8-19(11-17(16)15-32)29-25-28-13-18(12-26)23(30-25)21-14-27-24-20(21)5-4-6-22(24)31-34(2,3)33/h4-8,11,13-14,27H,9-10,15H2,1-3H3,(H,28,29,30). The Morgan fingerprint density at radius 2 is 2.09 bits per heavy atom. The molecule has 4 aromatic rings. The minimum absolute atomic E-state index is 0.371. The quantitative estimate of drug-likeness (QED) is 0.451. The number of H-pyrrole nitrogens is 1. The Hall–Kier alpha value is -3.74. The van der Waals surface area contributed by atoms with Gasteiger partial charge in [0.1, 0.15) is 6.07 Å². The van der Waals surface area contributed by atoms with Crippen molar-refractivity contribution in [3.05, 3.63) is 65.5 Å². The van der Waals surface area contributed by atoms with E-state index in [-0.39, 0.29) is 0 Å². The summed E-state index contributed by atoms with van der Waals surface area (Å²) in [4.78, 5) is 14.6. The van der Waals surface area contributed by atoms with Gasteiger partial charge in [-0.05, 0) is 42.8 Å². The number of hydrogen-bond acceptors (Lipinski definition) is 7. The highest BCUT2D eigenvalue weighted by atomic mass is 32.2. The lowest BCUT2D eigenvalue weighted by Gasteiger charge is -2.25. The van der Waals surface area contributed by atoms with Gasteiger partial charge in [0, 0.05) is 58.2 Å². The summed E-state index contributed by atoms with van der Waals surface area (Å²) in [5.74, 6) is 0.415. The summed E-state index contributed by atoms with van der Waals surface area (Å²) in [6, 6.07) is 14.1. The summed E-state index contributed by atoms with van der Waals surface area (Å²) < 4.78 is 16.6. The van der Waals surface area contributed by atoms with Gasteiger partial charge < -0.3 is 15.2 Å². The van der Waals surface area contributed by atoms with Crippen LogP contribution >= 0.6 is 0 Å². The highest BCUT2D eigenvalue weighted by Gasteiger charge is 2.17. The van der Waals surface area contributed by atoms with E-state index in [1.165, 1.54) is 17.3 Å². The minimum atomic E-state index is -2.32. The second-order valence-electron chi connectivity index (χ2n) is 8.84. The highest BCUT2D eigenvalue weighted by Crippen LogP contribution is 2.35. The number of benzene rings is 2. The van der Waals surface area contributed by atoms with Crippen molar-refractivity contribution < 1.29 is 4.21 Å². The number of hydrogen-bond donors (Lipinski definition) is 2. The van der Waals surface area contributed by atoms with Crippen LogP contribution in [0.4, 0.5) is 17.3 Å². The van der Waals surface area contributed by atoms with Crippen LogP contribution in [0.15, 0.2) is 53.2 Å². The molecule has 2 aromatic heterocycles. The molecule has 9 heteroatoms. The lowest BCUT2D eigenvalue weighted by molar-refractivity contribution is 0.313. The SMILES string of the molecule is CN1CCc2ccc(Nc3ncc(C#N)c(-c4c[nH]c5c(N=S(C)(C)=O)cccc45)n3)cc2C1. The van der Waals surface area contributed by atoms with Crippen molar-refractivity contribution in [1.29, 1.82) is 5.26 Å². The molecule has 34 heavy (non-hydrogen) atoms. The van der Waals surface area contributed by atoms with Crippen molar-refractivity contribution in [2.75, 3.05) is 31.4 Å². The van der Waals surface area contributed by atoms with E-state index in [9.17, 15) is 9.47 Å². The maximum atomic E-state index is 12.2. The van der Waals surface area contributed by atoms with Gasteiger partial charge in [-0.2, -0.15) is 9.62 Å². The molecule has 0 amide bonds. The zero-order chi connectivity index (χ0) is 23.9. The second kappa shape index (κ2) is 8.56. The zero-order valence-electron chi connectivity index (χ0n) is 19.3. The van der Waals surface area contributed by atoms with Crippen molar-refractivity contribution in [1.82, 2.24) is 19.9 Å². The normalized spacial score (nSPS) is 13.9. The fourth-order valence-corrected chi connectivity index (χ4v) is 4.91. The predicted octanol–water partition coefficient (Wildman–Crippen LogP) is 4.59. The molecule has 0 saturated carbocycles. The number of aromatic amines is 1. The first-order valence-corrected chi connectivity index (χ1v) is 13.3. The van der Waals surface area contributed by atoms with Gasteiger partial charge in [0.25, 0.3) is 0 Å². The maximum absolute atomic E-state index is 12.2. The number of para-hydroxylation sites is 1. The molecule has 0 radical (unpaired) electrons. The smallest absolute Gasteiger partial charge is 0.227 e. The molecule has 2 N–H and O–H groups in total. The molecule has 0 spiro atoms. The van der Waals surface area contributed by atoms with E-state index >= 15 is 0 Å². The summed E-state index contributed by atoms with van der Waals surface area (Å²) in [5.41, 5.74) is 6.60. The highest BCUT2D eigenvalue weighted by molar-refractivity contribution is 7.92. The average molecular weight is 472 g/mol. The van der Waals surface area contributed by atoms with E-state index in [4.69, 9.17) is 4.98 Å². The van der Waals surface area contributed by atoms with E-state index in [2.05, 4.69) is 49.8 Å². The van der Waals surface area contributed by atoms with Gasteiger partial charge in [0.2, 0.25) is 5.95 Å². The molecule has 0 atom stereocenters. The Morgan fingerprint density at radius 3 is 2.88 bits per heavy atom. The Bertz CT molecular complexity index is 1570. The van der Waals surface area contributed by atoms with Crippen LogP contribution in [0.5, 0.6) is 0 Å². The van der Waals surface area contributed by atoms with E-state index in [0.717, 1.165) is 41.7 Å². The van der Waals surface area contributed by atoms with Gasteiger partial charge in [-0.15, -0.1) is 0 Å². The number of fused-ring (bicyclic) bond motifs is 2. The third kappa shape index (κ3) is 4.38. The molecule has 1 aliphatic heterocycles. The molecule has 3 heterocycles. The third-order valence-corrected chi connectivity index (χ3v) is 6.48. The Labute approximate surface area is 198 Å². The first-order chi connectivity index (χ1) is 16.3. The number of anilines is 2. The molecular formula is C25H25N7OS. The van der Waals surface area contributed by atoms with Gasteiger partial charge in [0.05, 0.1) is 28.7 Å². The summed E-state index contributed by atoms with van der Waals surface area (Å²) >= 11 is 0. The Kier molecular flexibility index (Phi) is 5.55. The summed E-state index contributed by atoms with van der Waals surface area (Å²) in [6.45, 7) is 1.98. The lowest BCUT2D eigenvalue weighted by Crippen LogP contribution is -2.26. The van der Waals surface area contributed by atoms with Crippen LogP contribution in [0.2, 0.25) is 0 Å². The van der Waals surface area contributed by atoms with Crippen molar-refractivity contribution in [3.63, 3.8) is 0 Å². The van der Waals surface area contributed by atoms with Crippen LogP contribution in [-0.4, -0.2) is 50.2 Å². The van der Waals surface area contributed by atoms with Gasteiger partial charge in [0.15, 0.2) is 0 Å². The topological polar surface area (TPSA) is 110 Å². The largest absolute Gasteiger partial charge is 0.359 e. The fraction of sp³-hybridized carbons (Fsp3) is 0.240. The van der Waals surface area contributed by atoms with E-state index in [1.807, 2.05) is 24.3 Å². The molecule has 172 valence electrons. The summed E-state index contributed by atoms with van der Waals surface area (Å²) in [5, 5.41) is 13.9. The monoisotopic (exact) mass is 471 g/mol. The number of rotatable bonds is 4. The summed E-state index contributed by atoms with van der Waals surface area (Å²) in [7, 11) is -0.201. The van der Waals surface area contributed by atoms with E-state index < -0.39 is 9.73 Å². The van der Waals surface area contributed by atoms with Crippen LogP contribution in [0.1, 0.15) is 16.7 Å². The van der Waals surface area contributed by atoms with Gasteiger partial charge in [-0.1, -0.05) is 18.2 Å². The third-order valence-electron chi connectivity index (χ3n) is 5.84.